The van der Waals surface area contributed by atoms with E-state index in [1.165, 1.54) is 0 Å². The predicted molar refractivity (Wildman–Crippen MR) is 40.9 cm³/mol. The lowest BCUT2D eigenvalue weighted by molar-refractivity contribution is 0.246. The van der Waals surface area contributed by atoms with Crippen molar-refractivity contribution in [2.45, 2.75) is 26.9 Å². The highest BCUT2D eigenvalue weighted by atomic mass is 15.2. The molecule has 0 bridgehead atoms. The Hall–Kier alpha value is -0.0800. The van der Waals surface area contributed by atoms with Crippen molar-refractivity contribution in [2.24, 2.45) is 5.73 Å². The van der Waals surface area contributed by atoms with Gasteiger partial charge in [-0.25, -0.2) is 0 Å². The van der Waals surface area contributed by atoms with E-state index >= 15 is 0 Å². The van der Waals surface area contributed by atoms with E-state index in [-0.39, 0.29) is 6.17 Å². The summed E-state index contributed by atoms with van der Waals surface area (Å²) in [6.07, 6.45) is 2.15. The number of nitrogens with two attached hydrogens (primary N) is 1. The first kappa shape index (κ1) is 8.92. The van der Waals surface area contributed by atoms with Crippen LogP contribution >= 0.6 is 0 Å². The van der Waals surface area contributed by atoms with Crippen LogP contribution in [0.4, 0.5) is 0 Å². The van der Waals surface area contributed by atoms with Crippen molar-refractivity contribution in [3.63, 3.8) is 0 Å². The van der Waals surface area contributed by atoms with Gasteiger partial charge in [0.1, 0.15) is 0 Å². The van der Waals surface area contributed by atoms with Crippen molar-refractivity contribution >= 4 is 0 Å². The standard InChI is InChI=1S/C7H17N2/c1-4-7(8)9(5-2)6-3/h4,7H,5-6,8H2,1-3H3. The van der Waals surface area contributed by atoms with E-state index < -0.39 is 0 Å². The van der Waals surface area contributed by atoms with Crippen LogP contribution in [0.5, 0.6) is 0 Å². The van der Waals surface area contributed by atoms with Crippen molar-refractivity contribution in [2.75, 3.05) is 13.1 Å². The van der Waals surface area contributed by atoms with Gasteiger partial charge < -0.3 is 5.73 Å². The summed E-state index contributed by atoms with van der Waals surface area (Å²) in [4.78, 5) is 2.19. The molecule has 1 radical (unpaired) electrons. The first-order chi connectivity index (χ1) is 4.26. The van der Waals surface area contributed by atoms with E-state index in [0.29, 0.717) is 0 Å². The van der Waals surface area contributed by atoms with Gasteiger partial charge in [-0.3, -0.25) is 4.90 Å². The molecule has 0 aromatic rings. The summed E-state index contributed by atoms with van der Waals surface area (Å²) in [5.41, 5.74) is 5.71. The van der Waals surface area contributed by atoms with Gasteiger partial charge in [-0.15, -0.1) is 0 Å². The van der Waals surface area contributed by atoms with Gasteiger partial charge in [0.2, 0.25) is 0 Å². The number of hydrogen-bond acceptors (Lipinski definition) is 2. The molecular formula is C7H17N2. The normalized spacial score (nSPS) is 14.3. The Morgan fingerprint density at radius 1 is 1.44 bits per heavy atom. The maximum atomic E-state index is 5.71. The van der Waals surface area contributed by atoms with Crippen LogP contribution in [0.1, 0.15) is 20.8 Å². The second kappa shape index (κ2) is 4.77. The second-order valence-corrected chi connectivity index (χ2v) is 2.05. The third-order valence-electron chi connectivity index (χ3n) is 1.58. The van der Waals surface area contributed by atoms with E-state index in [0.717, 1.165) is 13.1 Å². The van der Waals surface area contributed by atoms with Crippen molar-refractivity contribution in [3.8, 4) is 0 Å². The van der Waals surface area contributed by atoms with Gasteiger partial charge in [0.05, 0.1) is 6.17 Å². The van der Waals surface area contributed by atoms with Gasteiger partial charge in [0, 0.05) is 0 Å². The molecule has 55 valence electrons. The minimum absolute atomic E-state index is 0.139. The Bertz CT molecular complexity index is 59.9. The molecule has 2 nitrogen and oxygen atoms in total. The lowest BCUT2D eigenvalue weighted by Gasteiger charge is -2.24. The molecule has 2 heteroatoms. The second-order valence-electron chi connectivity index (χ2n) is 2.05. The summed E-state index contributed by atoms with van der Waals surface area (Å²) >= 11 is 0. The molecule has 0 aromatic heterocycles. The van der Waals surface area contributed by atoms with Crippen LogP contribution in [-0.2, 0) is 0 Å². The molecule has 1 atom stereocenters. The SMILES string of the molecule is C[CH]C(N)N(CC)CC. The Kier molecular flexibility index (Phi) is 4.72. The Balaban J connectivity index is 3.50. The summed E-state index contributed by atoms with van der Waals surface area (Å²) in [6.45, 7) is 8.28. The maximum absolute atomic E-state index is 5.71. The van der Waals surface area contributed by atoms with Crippen LogP contribution in [0.15, 0.2) is 0 Å². The molecule has 0 aliphatic rings. The number of rotatable bonds is 4. The highest BCUT2D eigenvalue weighted by molar-refractivity contribution is 4.73. The van der Waals surface area contributed by atoms with Crippen molar-refractivity contribution < 1.29 is 0 Å². The first-order valence-electron chi connectivity index (χ1n) is 3.55. The van der Waals surface area contributed by atoms with E-state index in [9.17, 15) is 0 Å². The Labute approximate surface area is 58.0 Å². The molecular weight excluding hydrogens is 112 g/mol. The van der Waals surface area contributed by atoms with Gasteiger partial charge in [-0.2, -0.15) is 0 Å². The molecule has 0 fully saturated rings. The molecule has 0 aliphatic carbocycles. The summed E-state index contributed by atoms with van der Waals surface area (Å²) in [6, 6.07) is 0. The van der Waals surface area contributed by atoms with Gasteiger partial charge in [0.25, 0.3) is 0 Å². The minimum Gasteiger partial charge on any atom is -0.315 e. The third kappa shape index (κ3) is 2.82. The lowest BCUT2D eigenvalue weighted by atomic mass is 10.3. The molecule has 0 spiro atoms. The van der Waals surface area contributed by atoms with Crippen molar-refractivity contribution in [1.82, 2.24) is 4.90 Å². The number of hydrogen-bond donors (Lipinski definition) is 1. The monoisotopic (exact) mass is 129 g/mol. The third-order valence-corrected chi connectivity index (χ3v) is 1.58. The summed E-state index contributed by atoms with van der Waals surface area (Å²) in [7, 11) is 0. The summed E-state index contributed by atoms with van der Waals surface area (Å²) in [5, 5.41) is 0. The number of nitrogens with zero attached hydrogens (tertiary/aromatic N) is 1. The Morgan fingerprint density at radius 3 is 2.00 bits per heavy atom. The van der Waals surface area contributed by atoms with Crippen LogP contribution in [0.2, 0.25) is 0 Å². The van der Waals surface area contributed by atoms with E-state index in [4.69, 9.17) is 5.73 Å². The predicted octanol–water partition coefficient (Wildman–Crippen LogP) is 0.837. The van der Waals surface area contributed by atoms with E-state index in [2.05, 4.69) is 18.7 Å². The zero-order chi connectivity index (χ0) is 7.28. The summed E-state index contributed by atoms with van der Waals surface area (Å²) in [5.74, 6) is 0. The smallest absolute Gasteiger partial charge is 0.0601 e. The fourth-order valence-corrected chi connectivity index (χ4v) is 0.856. The largest absolute Gasteiger partial charge is 0.315 e. The van der Waals surface area contributed by atoms with Crippen LogP contribution in [-0.4, -0.2) is 24.2 Å². The van der Waals surface area contributed by atoms with Gasteiger partial charge in [0.15, 0.2) is 0 Å². The molecule has 0 aliphatic heterocycles. The first-order valence-corrected chi connectivity index (χ1v) is 3.55. The molecule has 1 unspecified atom stereocenters. The van der Waals surface area contributed by atoms with Gasteiger partial charge >= 0.3 is 0 Å². The highest BCUT2D eigenvalue weighted by Crippen LogP contribution is 1.94. The van der Waals surface area contributed by atoms with E-state index in [1.54, 1.807) is 0 Å². The molecule has 9 heavy (non-hydrogen) atoms. The molecule has 0 aromatic carbocycles. The molecule has 0 saturated carbocycles. The zero-order valence-corrected chi connectivity index (χ0v) is 6.59. The van der Waals surface area contributed by atoms with Crippen LogP contribution in [0.25, 0.3) is 0 Å². The van der Waals surface area contributed by atoms with Crippen LogP contribution in [0.3, 0.4) is 0 Å². The van der Waals surface area contributed by atoms with Crippen LogP contribution < -0.4 is 5.73 Å². The fourth-order valence-electron chi connectivity index (χ4n) is 0.856. The average Bonchev–Trinajstić information content (AvgIpc) is 1.90. The molecule has 0 saturated heterocycles. The molecule has 2 N–H and O–H groups in total. The fraction of sp³-hybridized carbons (Fsp3) is 0.857. The molecule has 0 heterocycles. The van der Waals surface area contributed by atoms with Crippen molar-refractivity contribution in [1.29, 1.82) is 0 Å². The summed E-state index contributed by atoms with van der Waals surface area (Å²) < 4.78 is 0. The van der Waals surface area contributed by atoms with E-state index in [1.807, 2.05) is 13.3 Å². The van der Waals surface area contributed by atoms with Crippen LogP contribution in [0, 0.1) is 6.42 Å². The van der Waals surface area contributed by atoms with Gasteiger partial charge in [-0.05, 0) is 19.5 Å². The zero-order valence-electron chi connectivity index (χ0n) is 6.59. The van der Waals surface area contributed by atoms with Crippen molar-refractivity contribution in [3.05, 3.63) is 6.42 Å². The Morgan fingerprint density at radius 2 is 1.89 bits per heavy atom. The average molecular weight is 129 g/mol. The quantitative estimate of drug-likeness (QED) is 0.570. The lowest BCUT2D eigenvalue weighted by Crippen LogP contribution is -2.41. The maximum Gasteiger partial charge on any atom is 0.0601 e. The highest BCUT2D eigenvalue weighted by Gasteiger charge is 2.05. The minimum atomic E-state index is 0.139. The molecule has 0 amide bonds. The van der Waals surface area contributed by atoms with Gasteiger partial charge in [-0.1, -0.05) is 20.8 Å². The topological polar surface area (TPSA) is 29.3 Å². The molecule has 0 rings (SSSR count).